The molecule has 0 aromatic carbocycles. The van der Waals surface area contributed by atoms with Crippen molar-refractivity contribution in [2.75, 3.05) is 13.1 Å². The van der Waals surface area contributed by atoms with Gasteiger partial charge in [-0.2, -0.15) is 0 Å². The SMILES string of the molecule is CC(C)C(C)N1CCC(C(C)Br)CC1. The maximum atomic E-state index is 3.70. The lowest BCUT2D eigenvalue weighted by molar-refractivity contribution is 0.115. The van der Waals surface area contributed by atoms with Gasteiger partial charge < -0.3 is 4.90 Å². The van der Waals surface area contributed by atoms with Crippen LogP contribution in [0.25, 0.3) is 0 Å². The van der Waals surface area contributed by atoms with Gasteiger partial charge in [0.05, 0.1) is 0 Å². The standard InChI is InChI=1S/C12H24BrN/c1-9(2)11(4)14-7-5-12(6-8-14)10(3)13/h9-12H,5-8H2,1-4H3. The Bertz CT molecular complexity index is 160. The molecule has 0 bridgehead atoms. The molecule has 0 aliphatic carbocycles. The summed E-state index contributed by atoms with van der Waals surface area (Å²) in [5, 5.41) is 0. The van der Waals surface area contributed by atoms with E-state index in [0.29, 0.717) is 4.83 Å². The van der Waals surface area contributed by atoms with Crippen LogP contribution in [0.2, 0.25) is 0 Å². The second-order valence-corrected chi connectivity index (χ2v) is 6.48. The van der Waals surface area contributed by atoms with Crippen LogP contribution in [-0.4, -0.2) is 28.9 Å². The van der Waals surface area contributed by atoms with E-state index in [1.54, 1.807) is 0 Å². The van der Waals surface area contributed by atoms with Gasteiger partial charge in [0.15, 0.2) is 0 Å². The summed E-state index contributed by atoms with van der Waals surface area (Å²) >= 11 is 3.70. The van der Waals surface area contributed by atoms with E-state index in [9.17, 15) is 0 Å². The zero-order valence-electron chi connectivity index (χ0n) is 9.96. The molecule has 14 heavy (non-hydrogen) atoms. The number of hydrogen-bond acceptors (Lipinski definition) is 1. The highest BCUT2D eigenvalue weighted by atomic mass is 79.9. The molecule has 1 saturated heterocycles. The molecule has 1 rings (SSSR count). The van der Waals surface area contributed by atoms with Crippen molar-refractivity contribution in [2.45, 2.75) is 51.4 Å². The van der Waals surface area contributed by atoms with Crippen LogP contribution >= 0.6 is 15.9 Å². The molecule has 0 spiro atoms. The van der Waals surface area contributed by atoms with Gasteiger partial charge in [-0.3, -0.25) is 0 Å². The third-order valence-corrected chi connectivity index (χ3v) is 4.51. The predicted molar refractivity (Wildman–Crippen MR) is 67.0 cm³/mol. The monoisotopic (exact) mass is 261 g/mol. The largest absolute Gasteiger partial charge is 0.300 e. The third kappa shape index (κ3) is 3.23. The fraction of sp³-hybridized carbons (Fsp3) is 1.00. The number of halogens is 1. The number of hydrogen-bond donors (Lipinski definition) is 0. The Morgan fingerprint density at radius 3 is 1.93 bits per heavy atom. The lowest BCUT2D eigenvalue weighted by atomic mass is 9.92. The van der Waals surface area contributed by atoms with Crippen LogP contribution < -0.4 is 0 Å². The summed E-state index contributed by atoms with van der Waals surface area (Å²) in [6.07, 6.45) is 2.73. The Balaban J connectivity index is 2.35. The molecule has 2 atom stereocenters. The molecular weight excluding hydrogens is 238 g/mol. The van der Waals surface area contributed by atoms with Crippen molar-refractivity contribution in [1.29, 1.82) is 0 Å². The number of alkyl halides is 1. The van der Waals surface area contributed by atoms with Gasteiger partial charge in [0.2, 0.25) is 0 Å². The Labute approximate surface area is 97.4 Å². The fourth-order valence-corrected chi connectivity index (χ4v) is 2.74. The van der Waals surface area contributed by atoms with Crippen LogP contribution in [0.4, 0.5) is 0 Å². The predicted octanol–water partition coefficient (Wildman–Crippen LogP) is 3.53. The zero-order valence-corrected chi connectivity index (χ0v) is 11.5. The van der Waals surface area contributed by atoms with Crippen LogP contribution in [0.15, 0.2) is 0 Å². The van der Waals surface area contributed by atoms with Crippen LogP contribution in [0.5, 0.6) is 0 Å². The molecule has 1 fully saturated rings. The average molecular weight is 262 g/mol. The van der Waals surface area contributed by atoms with Crippen LogP contribution in [0.1, 0.15) is 40.5 Å². The molecule has 0 saturated carbocycles. The van der Waals surface area contributed by atoms with Gasteiger partial charge >= 0.3 is 0 Å². The lowest BCUT2D eigenvalue weighted by Crippen LogP contribution is -2.43. The summed E-state index contributed by atoms with van der Waals surface area (Å²) < 4.78 is 0. The fourth-order valence-electron chi connectivity index (χ4n) is 2.21. The Kier molecular flexibility index (Phi) is 4.92. The van der Waals surface area contributed by atoms with Gasteiger partial charge in [-0.1, -0.05) is 36.7 Å². The van der Waals surface area contributed by atoms with E-state index in [0.717, 1.165) is 17.9 Å². The van der Waals surface area contributed by atoms with E-state index in [1.165, 1.54) is 25.9 Å². The molecule has 2 heteroatoms. The van der Waals surface area contributed by atoms with Crippen molar-refractivity contribution >= 4 is 15.9 Å². The van der Waals surface area contributed by atoms with E-state index in [-0.39, 0.29) is 0 Å². The molecule has 1 nitrogen and oxygen atoms in total. The minimum atomic E-state index is 0.694. The van der Waals surface area contributed by atoms with Crippen LogP contribution in [0, 0.1) is 11.8 Å². The number of likely N-dealkylation sites (tertiary alicyclic amines) is 1. The molecular formula is C12H24BrN. The van der Waals surface area contributed by atoms with Gasteiger partial charge in [-0.15, -0.1) is 0 Å². The Morgan fingerprint density at radius 2 is 1.57 bits per heavy atom. The highest BCUT2D eigenvalue weighted by molar-refractivity contribution is 9.09. The summed E-state index contributed by atoms with van der Waals surface area (Å²) in [5.74, 6) is 1.68. The molecule has 0 aromatic heterocycles. The van der Waals surface area contributed by atoms with Gasteiger partial charge in [0, 0.05) is 10.9 Å². The van der Waals surface area contributed by atoms with E-state index in [2.05, 4.69) is 48.5 Å². The maximum Gasteiger partial charge on any atom is 0.0146 e. The minimum Gasteiger partial charge on any atom is -0.300 e. The first-order valence-electron chi connectivity index (χ1n) is 5.90. The van der Waals surface area contributed by atoms with E-state index in [1.807, 2.05) is 0 Å². The highest BCUT2D eigenvalue weighted by Crippen LogP contribution is 2.27. The third-order valence-electron chi connectivity index (χ3n) is 3.76. The number of rotatable bonds is 3. The van der Waals surface area contributed by atoms with E-state index < -0.39 is 0 Å². The van der Waals surface area contributed by atoms with Gasteiger partial charge in [-0.25, -0.2) is 0 Å². The average Bonchev–Trinajstić information content (AvgIpc) is 2.16. The normalized spacial score (nSPS) is 25.3. The van der Waals surface area contributed by atoms with Crippen LogP contribution in [-0.2, 0) is 0 Å². The van der Waals surface area contributed by atoms with Crippen molar-refractivity contribution in [3.05, 3.63) is 0 Å². The second-order valence-electron chi connectivity index (χ2n) is 5.04. The highest BCUT2D eigenvalue weighted by Gasteiger charge is 2.25. The summed E-state index contributed by atoms with van der Waals surface area (Å²) in [6, 6.07) is 0.751. The summed E-state index contributed by atoms with van der Waals surface area (Å²) in [6.45, 7) is 11.9. The summed E-state index contributed by atoms with van der Waals surface area (Å²) in [4.78, 5) is 3.34. The quantitative estimate of drug-likeness (QED) is 0.703. The topological polar surface area (TPSA) is 3.24 Å². The Morgan fingerprint density at radius 1 is 1.07 bits per heavy atom. The first-order valence-corrected chi connectivity index (χ1v) is 6.82. The molecule has 0 N–H and O–H groups in total. The molecule has 0 amide bonds. The minimum absolute atomic E-state index is 0.694. The van der Waals surface area contributed by atoms with Gasteiger partial charge in [0.1, 0.15) is 0 Å². The summed E-state index contributed by atoms with van der Waals surface area (Å²) in [5.41, 5.74) is 0. The molecule has 2 unspecified atom stereocenters. The van der Waals surface area contributed by atoms with E-state index >= 15 is 0 Å². The molecule has 1 aliphatic rings. The smallest absolute Gasteiger partial charge is 0.0146 e. The Hall–Kier alpha value is 0.440. The van der Waals surface area contributed by atoms with Crippen LogP contribution in [0.3, 0.4) is 0 Å². The first kappa shape index (κ1) is 12.5. The van der Waals surface area contributed by atoms with E-state index in [4.69, 9.17) is 0 Å². The molecule has 1 aliphatic heterocycles. The molecule has 0 aromatic rings. The van der Waals surface area contributed by atoms with Crippen molar-refractivity contribution in [2.24, 2.45) is 11.8 Å². The molecule has 1 heterocycles. The maximum absolute atomic E-state index is 3.70. The van der Waals surface area contributed by atoms with Crippen molar-refractivity contribution < 1.29 is 0 Å². The number of nitrogens with zero attached hydrogens (tertiary/aromatic N) is 1. The van der Waals surface area contributed by atoms with Crippen molar-refractivity contribution in [1.82, 2.24) is 4.90 Å². The zero-order chi connectivity index (χ0) is 10.7. The van der Waals surface area contributed by atoms with Gasteiger partial charge in [0.25, 0.3) is 0 Å². The lowest BCUT2D eigenvalue weighted by Gasteiger charge is -2.38. The molecule has 84 valence electrons. The summed E-state index contributed by atoms with van der Waals surface area (Å²) in [7, 11) is 0. The first-order chi connectivity index (χ1) is 6.52. The number of piperidine rings is 1. The van der Waals surface area contributed by atoms with Crippen molar-refractivity contribution in [3.8, 4) is 0 Å². The van der Waals surface area contributed by atoms with Gasteiger partial charge in [-0.05, 0) is 44.7 Å². The molecule has 0 radical (unpaired) electrons. The van der Waals surface area contributed by atoms with Crippen molar-refractivity contribution in [3.63, 3.8) is 0 Å². The second kappa shape index (κ2) is 5.50.